The molecular formula is C25H21F3N2O6S. The minimum atomic E-state index is -5.31. The molecule has 0 spiro atoms. The van der Waals surface area contributed by atoms with Gasteiger partial charge in [0.2, 0.25) is 10.0 Å². The first-order valence-corrected chi connectivity index (χ1v) is 12.7. The SMILES string of the molecule is Cc1ccc(S(=O)(=O)N2CCOCC2)cc1C(=O)O[C@@]1(C(F)(F)F)C(=O)Nc2c1ccc1ccccc21. The first kappa shape index (κ1) is 25.2. The number of fused-ring (bicyclic) bond motifs is 3. The number of aryl methyl sites for hydroxylation is 1. The van der Waals surface area contributed by atoms with Crippen molar-refractivity contribution in [2.45, 2.75) is 23.6 Å². The normalized spacial score (nSPS) is 20.5. The Hall–Kier alpha value is -3.48. The molecule has 2 aliphatic rings. The van der Waals surface area contributed by atoms with Crippen LogP contribution in [-0.4, -0.2) is 57.1 Å². The van der Waals surface area contributed by atoms with Crippen LogP contribution in [0.1, 0.15) is 21.5 Å². The largest absolute Gasteiger partial charge is 0.442 e. The molecule has 3 aromatic carbocycles. The highest BCUT2D eigenvalue weighted by atomic mass is 32.2. The number of carbonyl (C=O) groups is 2. The summed E-state index contributed by atoms with van der Waals surface area (Å²) in [5, 5.41) is 3.18. The molecule has 0 aliphatic carbocycles. The van der Waals surface area contributed by atoms with E-state index in [1.54, 1.807) is 24.3 Å². The summed E-state index contributed by atoms with van der Waals surface area (Å²) in [6.07, 6.45) is -5.31. The molecule has 0 radical (unpaired) electrons. The minimum Gasteiger partial charge on any atom is -0.430 e. The maximum atomic E-state index is 14.6. The van der Waals surface area contributed by atoms with Crippen LogP contribution in [0.25, 0.3) is 10.8 Å². The summed E-state index contributed by atoms with van der Waals surface area (Å²) in [7, 11) is -4.05. The van der Waals surface area contributed by atoms with Crippen molar-refractivity contribution in [1.29, 1.82) is 0 Å². The summed E-state index contributed by atoms with van der Waals surface area (Å²) in [6.45, 7) is 2.00. The molecule has 8 nitrogen and oxygen atoms in total. The van der Waals surface area contributed by atoms with Crippen molar-refractivity contribution in [2.75, 3.05) is 31.6 Å². The van der Waals surface area contributed by atoms with Crippen LogP contribution in [0.2, 0.25) is 0 Å². The molecule has 0 unspecified atom stereocenters. The van der Waals surface area contributed by atoms with Crippen molar-refractivity contribution in [3.05, 3.63) is 71.3 Å². The van der Waals surface area contributed by atoms with Crippen molar-refractivity contribution >= 4 is 38.4 Å². The lowest BCUT2D eigenvalue weighted by atomic mass is 9.92. The zero-order valence-corrected chi connectivity index (χ0v) is 20.3. The predicted molar refractivity (Wildman–Crippen MR) is 126 cm³/mol. The number of benzene rings is 3. The summed E-state index contributed by atoms with van der Waals surface area (Å²) in [6, 6.07) is 12.6. The Morgan fingerprint density at radius 3 is 2.49 bits per heavy atom. The number of amides is 1. The topological polar surface area (TPSA) is 102 Å². The number of sulfonamides is 1. The van der Waals surface area contributed by atoms with Gasteiger partial charge in [-0.2, -0.15) is 17.5 Å². The lowest BCUT2D eigenvalue weighted by Gasteiger charge is -2.30. The zero-order chi connectivity index (χ0) is 26.6. The molecule has 3 aromatic rings. The number of hydrogen-bond donors (Lipinski definition) is 1. The number of rotatable bonds is 4. The molecule has 0 aromatic heterocycles. The molecule has 5 rings (SSSR count). The average Bonchev–Trinajstić information content (AvgIpc) is 3.17. The van der Waals surface area contributed by atoms with Gasteiger partial charge in [0.15, 0.2) is 0 Å². The maximum absolute atomic E-state index is 14.6. The molecule has 1 saturated heterocycles. The van der Waals surface area contributed by atoms with Crippen LogP contribution in [0, 0.1) is 6.92 Å². The van der Waals surface area contributed by atoms with E-state index in [0.717, 1.165) is 12.1 Å². The van der Waals surface area contributed by atoms with Gasteiger partial charge in [-0.15, -0.1) is 0 Å². The van der Waals surface area contributed by atoms with E-state index in [2.05, 4.69) is 5.32 Å². The van der Waals surface area contributed by atoms with E-state index in [4.69, 9.17) is 9.47 Å². The third-order valence-corrected chi connectivity index (χ3v) is 8.44. The van der Waals surface area contributed by atoms with Gasteiger partial charge in [0.1, 0.15) is 0 Å². The average molecular weight is 535 g/mol. The fraction of sp³-hybridized carbons (Fsp3) is 0.280. The number of alkyl halides is 3. The smallest absolute Gasteiger partial charge is 0.430 e. The standard InChI is InChI=1S/C25H21F3N2O6S/c1-15-6-8-17(37(33,34)30-10-12-35-13-11-30)14-19(15)22(31)36-24(25(26,27)28)20-9-7-16-4-2-3-5-18(16)21(20)29-23(24)32/h2-9,14H,10-13H2,1H3,(H,29,32)/t24-/m1/s1. The minimum absolute atomic E-state index is 0.0953. The Morgan fingerprint density at radius 1 is 1.08 bits per heavy atom. The second-order valence-corrected chi connectivity index (χ2v) is 10.7. The highest BCUT2D eigenvalue weighted by Crippen LogP contribution is 2.51. The monoisotopic (exact) mass is 534 g/mol. The fourth-order valence-electron chi connectivity index (χ4n) is 4.58. The van der Waals surface area contributed by atoms with Crippen molar-refractivity contribution in [1.82, 2.24) is 4.31 Å². The third kappa shape index (κ3) is 3.95. The highest BCUT2D eigenvalue weighted by molar-refractivity contribution is 7.89. The van der Waals surface area contributed by atoms with E-state index in [9.17, 15) is 31.2 Å². The number of halogens is 3. The Labute approximate surface area is 210 Å². The number of nitrogens with zero attached hydrogens (tertiary/aromatic N) is 1. The van der Waals surface area contributed by atoms with E-state index in [1.165, 1.54) is 29.4 Å². The van der Waals surface area contributed by atoms with Crippen LogP contribution >= 0.6 is 0 Å². The van der Waals surface area contributed by atoms with Crippen LogP contribution in [0.15, 0.2) is 59.5 Å². The Bertz CT molecular complexity index is 1530. The van der Waals surface area contributed by atoms with Gasteiger partial charge in [-0.3, -0.25) is 4.79 Å². The predicted octanol–water partition coefficient (Wildman–Crippen LogP) is 3.74. The number of carbonyl (C=O) groups excluding carboxylic acids is 2. The van der Waals surface area contributed by atoms with Gasteiger partial charge in [0.25, 0.3) is 5.91 Å². The number of morpholine rings is 1. The summed E-state index contributed by atoms with van der Waals surface area (Å²) in [5.74, 6) is -3.04. The number of anilines is 1. The van der Waals surface area contributed by atoms with Gasteiger partial charge in [-0.1, -0.05) is 42.5 Å². The number of nitrogens with one attached hydrogen (secondary N) is 1. The van der Waals surface area contributed by atoms with Crippen LogP contribution in [-0.2, 0) is 29.9 Å². The van der Waals surface area contributed by atoms with Gasteiger partial charge >= 0.3 is 17.7 Å². The Morgan fingerprint density at radius 2 is 1.78 bits per heavy atom. The zero-order valence-electron chi connectivity index (χ0n) is 19.5. The third-order valence-electron chi connectivity index (χ3n) is 6.55. The molecule has 2 aliphatic heterocycles. The lowest BCUT2D eigenvalue weighted by molar-refractivity contribution is -0.251. The molecule has 1 fully saturated rings. The van der Waals surface area contributed by atoms with Crippen LogP contribution in [0.4, 0.5) is 18.9 Å². The number of ether oxygens (including phenoxy) is 2. The highest BCUT2D eigenvalue weighted by Gasteiger charge is 2.69. The van der Waals surface area contributed by atoms with E-state index in [1.807, 2.05) is 0 Å². The lowest BCUT2D eigenvalue weighted by Crippen LogP contribution is -2.51. The molecule has 1 atom stereocenters. The van der Waals surface area contributed by atoms with E-state index >= 15 is 0 Å². The molecule has 12 heteroatoms. The first-order chi connectivity index (χ1) is 17.5. The van der Waals surface area contributed by atoms with Gasteiger partial charge in [-0.25, -0.2) is 13.2 Å². The van der Waals surface area contributed by atoms with E-state index < -0.39 is 44.8 Å². The fourth-order valence-corrected chi connectivity index (χ4v) is 6.01. The molecular weight excluding hydrogens is 513 g/mol. The second-order valence-electron chi connectivity index (χ2n) is 8.73. The molecule has 1 N–H and O–H groups in total. The molecule has 0 bridgehead atoms. The van der Waals surface area contributed by atoms with Crippen molar-refractivity contribution < 1.29 is 40.7 Å². The van der Waals surface area contributed by atoms with Crippen LogP contribution < -0.4 is 5.32 Å². The van der Waals surface area contributed by atoms with E-state index in [0.29, 0.717) is 10.8 Å². The molecule has 2 heterocycles. The summed E-state index contributed by atoms with van der Waals surface area (Å²) >= 11 is 0. The molecule has 194 valence electrons. The summed E-state index contributed by atoms with van der Waals surface area (Å²) < 4.78 is 81.2. The number of hydrogen-bond acceptors (Lipinski definition) is 6. The van der Waals surface area contributed by atoms with Crippen molar-refractivity contribution in [3.63, 3.8) is 0 Å². The maximum Gasteiger partial charge on any atom is 0.442 e. The van der Waals surface area contributed by atoms with E-state index in [-0.39, 0.29) is 42.4 Å². The summed E-state index contributed by atoms with van der Waals surface area (Å²) in [5.41, 5.74) is -4.49. The van der Waals surface area contributed by atoms with Crippen LogP contribution in [0.3, 0.4) is 0 Å². The molecule has 37 heavy (non-hydrogen) atoms. The number of esters is 1. The van der Waals surface area contributed by atoms with Gasteiger partial charge in [-0.05, 0) is 30.0 Å². The quantitative estimate of drug-likeness (QED) is 0.512. The second kappa shape index (κ2) is 8.82. The summed E-state index contributed by atoms with van der Waals surface area (Å²) in [4.78, 5) is 25.8. The van der Waals surface area contributed by atoms with Gasteiger partial charge in [0.05, 0.1) is 29.4 Å². The molecule has 1 amide bonds. The van der Waals surface area contributed by atoms with Gasteiger partial charge in [0, 0.05) is 24.0 Å². The Kier molecular flexibility index (Phi) is 6.00. The van der Waals surface area contributed by atoms with Crippen molar-refractivity contribution in [2.24, 2.45) is 0 Å². The van der Waals surface area contributed by atoms with Crippen molar-refractivity contribution in [3.8, 4) is 0 Å². The van der Waals surface area contributed by atoms with Gasteiger partial charge < -0.3 is 14.8 Å². The molecule has 0 saturated carbocycles. The first-order valence-electron chi connectivity index (χ1n) is 11.3. The Balaban J connectivity index is 1.58. The van der Waals surface area contributed by atoms with Crippen LogP contribution in [0.5, 0.6) is 0 Å².